The number of ether oxygens (including phenoxy) is 1. The summed E-state index contributed by atoms with van der Waals surface area (Å²) in [6.45, 7) is 1.39. The van der Waals surface area contributed by atoms with Gasteiger partial charge in [0.2, 0.25) is 5.91 Å². The Morgan fingerprint density at radius 2 is 1.67 bits per heavy atom. The van der Waals surface area contributed by atoms with E-state index in [0.29, 0.717) is 11.4 Å². The Morgan fingerprint density at radius 3 is 2.22 bits per heavy atom. The van der Waals surface area contributed by atoms with Crippen molar-refractivity contribution in [2.24, 2.45) is 0 Å². The normalized spacial score (nSPS) is 11.0. The maximum Gasteiger partial charge on any atom is 0.416 e. The number of nitrogens with one attached hydrogen (secondary N) is 1. The molecule has 27 heavy (non-hydrogen) atoms. The number of amides is 2. The van der Waals surface area contributed by atoms with Crippen LogP contribution in [0.1, 0.15) is 12.5 Å². The highest BCUT2D eigenvalue weighted by Crippen LogP contribution is 2.30. The number of para-hydroxylation sites is 1. The van der Waals surface area contributed by atoms with E-state index < -0.39 is 11.7 Å². The first-order valence-electron chi connectivity index (χ1n) is 8.17. The number of rotatable bonds is 7. The van der Waals surface area contributed by atoms with E-state index in [1.165, 1.54) is 24.0 Å². The standard InChI is InChI=1S/C19H19F3N2O3/c1-14(25)24(16-9-7-15(8-10-16)19(20,21)22)12-11-23-18(26)13-27-17-5-3-2-4-6-17/h2-10H,11-13H2,1H3,(H,23,26). The van der Waals surface area contributed by atoms with Crippen LogP contribution in [0.3, 0.4) is 0 Å². The lowest BCUT2D eigenvalue weighted by Crippen LogP contribution is -2.39. The molecule has 0 atom stereocenters. The molecule has 2 aromatic carbocycles. The number of nitrogens with zero attached hydrogens (tertiary/aromatic N) is 1. The number of hydrogen-bond donors (Lipinski definition) is 1. The third-order valence-corrected chi connectivity index (χ3v) is 3.66. The van der Waals surface area contributed by atoms with Gasteiger partial charge in [0.05, 0.1) is 5.56 Å². The number of halogens is 3. The minimum Gasteiger partial charge on any atom is -0.484 e. The van der Waals surface area contributed by atoms with Crippen molar-refractivity contribution in [2.75, 3.05) is 24.6 Å². The molecule has 0 aliphatic carbocycles. The predicted molar refractivity (Wildman–Crippen MR) is 94.4 cm³/mol. The number of benzene rings is 2. The fourth-order valence-corrected chi connectivity index (χ4v) is 2.32. The Balaban J connectivity index is 1.85. The molecule has 0 aromatic heterocycles. The lowest BCUT2D eigenvalue weighted by Gasteiger charge is -2.22. The topological polar surface area (TPSA) is 58.6 Å². The first-order valence-corrected chi connectivity index (χ1v) is 8.17. The molecule has 144 valence electrons. The van der Waals surface area contributed by atoms with Crippen molar-refractivity contribution in [1.29, 1.82) is 0 Å². The minimum absolute atomic E-state index is 0.123. The van der Waals surface area contributed by atoms with Crippen molar-refractivity contribution < 1.29 is 27.5 Å². The molecule has 0 spiro atoms. The van der Waals surface area contributed by atoms with Crippen LogP contribution in [0.4, 0.5) is 18.9 Å². The third-order valence-electron chi connectivity index (χ3n) is 3.66. The summed E-state index contributed by atoms with van der Waals surface area (Å²) in [5.41, 5.74) is -0.466. The molecule has 0 saturated heterocycles. The van der Waals surface area contributed by atoms with Crippen molar-refractivity contribution in [3.8, 4) is 5.75 Å². The van der Waals surface area contributed by atoms with Crippen LogP contribution >= 0.6 is 0 Å². The molecule has 0 aliphatic heterocycles. The van der Waals surface area contributed by atoms with E-state index in [0.717, 1.165) is 12.1 Å². The molecule has 8 heteroatoms. The molecule has 0 unspecified atom stereocenters. The largest absolute Gasteiger partial charge is 0.484 e. The monoisotopic (exact) mass is 380 g/mol. The molecule has 0 saturated carbocycles. The average Bonchev–Trinajstić information content (AvgIpc) is 2.63. The van der Waals surface area contributed by atoms with E-state index in [9.17, 15) is 22.8 Å². The van der Waals surface area contributed by atoms with Crippen molar-refractivity contribution in [3.63, 3.8) is 0 Å². The maximum absolute atomic E-state index is 12.6. The van der Waals surface area contributed by atoms with Gasteiger partial charge in [0.25, 0.3) is 5.91 Å². The zero-order valence-electron chi connectivity index (χ0n) is 14.6. The Kier molecular flexibility index (Phi) is 6.81. The maximum atomic E-state index is 12.6. The number of anilines is 1. The number of alkyl halides is 3. The Hall–Kier alpha value is -3.03. The van der Waals surface area contributed by atoms with Crippen LogP contribution < -0.4 is 15.0 Å². The summed E-state index contributed by atoms with van der Waals surface area (Å²) in [6.07, 6.45) is -4.44. The van der Waals surface area contributed by atoms with Gasteiger partial charge in [-0.1, -0.05) is 18.2 Å². The second kappa shape index (κ2) is 9.07. The molecule has 0 aliphatic rings. The molecular formula is C19H19F3N2O3. The molecule has 0 heterocycles. The molecule has 0 radical (unpaired) electrons. The Morgan fingerprint density at radius 1 is 1.04 bits per heavy atom. The summed E-state index contributed by atoms with van der Waals surface area (Å²) in [7, 11) is 0. The second-order valence-electron chi connectivity index (χ2n) is 5.67. The van der Waals surface area contributed by atoms with E-state index in [2.05, 4.69) is 5.32 Å². The summed E-state index contributed by atoms with van der Waals surface area (Å²) in [6, 6.07) is 13.1. The highest BCUT2D eigenvalue weighted by molar-refractivity contribution is 5.91. The second-order valence-corrected chi connectivity index (χ2v) is 5.67. The lowest BCUT2D eigenvalue weighted by atomic mass is 10.2. The van der Waals surface area contributed by atoms with E-state index in [1.807, 2.05) is 6.07 Å². The molecule has 2 rings (SSSR count). The summed E-state index contributed by atoms with van der Waals surface area (Å²) in [5, 5.41) is 2.61. The summed E-state index contributed by atoms with van der Waals surface area (Å²) in [5.74, 6) is -0.151. The van der Waals surface area contributed by atoms with Gasteiger partial charge in [-0.15, -0.1) is 0 Å². The van der Waals surface area contributed by atoms with Gasteiger partial charge in [-0.3, -0.25) is 9.59 Å². The molecule has 2 amide bonds. The summed E-state index contributed by atoms with van der Waals surface area (Å²) < 4.78 is 43.2. The molecular weight excluding hydrogens is 361 g/mol. The van der Waals surface area contributed by atoms with E-state index >= 15 is 0 Å². The fraction of sp³-hybridized carbons (Fsp3) is 0.263. The Bertz CT molecular complexity index is 762. The minimum atomic E-state index is -4.44. The van der Waals surface area contributed by atoms with Gasteiger partial charge in [0.1, 0.15) is 5.75 Å². The van der Waals surface area contributed by atoms with Gasteiger partial charge < -0.3 is 15.0 Å². The first kappa shape index (κ1) is 20.3. The van der Waals surface area contributed by atoms with Gasteiger partial charge in [-0.05, 0) is 36.4 Å². The van der Waals surface area contributed by atoms with Crippen LogP contribution in [-0.2, 0) is 15.8 Å². The van der Waals surface area contributed by atoms with Crippen LogP contribution in [0.5, 0.6) is 5.75 Å². The van der Waals surface area contributed by atoms with E-state index in [-0.39, 0.29) is 31.5 Å². The van der Waals surface area contributed by atoms with Crippen molar-refractivity contribution >= 4 is 17.5 Å². The quantitative estimate of drug-likeness (QED) is 0.802. The van der Waals surface area contributed by atoms with Crippen molar-refractivity contribution in [2.45, 2.75) is 13.1 Å². The third kappa shape index (κ3) is 6.32. The smallest absolute Gasteiger partial charge is 0.416 e. The van der Waals surface area contributed by atoms with Gasteiger partial charge in [0, 0.05) is 25.7 Å². The van der Waals surface area contributed by atoms with E-state index in [1.54, 1.807) is 24.3 Å². The summed E-state index contributed by atoms with van der Waals surface area (Å²) in [4.78, 5) is 24.9. The van der Waals surface area contributed by atoms with Crippen LogP contribution in [0.25, 0.3) is 0 Å². The molecule has 0 fully saturated rings. The molecule has 1 N–H and O–H groups in total. The van der Waals surface area contributed by atoms with Crippen LogP contribution in [0.2, 0.25) is 0 Å². The highest BCUT2D eigenvalue weighted by Gasteiger charge is 2.30. The number of hydrogen-bond acceptors (Lipinski definition) is 3. The van der Waals surface area contributed by atoms with Crippen molar-refractivity contribution in [1.82, 2.24) is 5.32 Å². The van der Waals surface area contributed by atoms with Crippen molar-refractivity contribution in [3.05, 3.63) is 60.2 Å². The lowest BCUT2D eigenvalue weighted by molar-refractivity contribution is -0.137. The van der Waals surface area contributed by atoms with Crippen LogP contribution in [-0.4, -0.2) is 31.5 Å². The Labute approximate surface area is 154 Å². The van der Waals surface area contributed by atoms with Gasteiger partial charge in [-0.25, -0.2) is 0 Å². The molecule has 5 nitrogen and oxygen atoms in total. The van der Waals surface area contributed by atoms with Crippen LogP contribution in [0, 0.1) is 0 Å². The SMILES string of the molecule is CC(=O)N(CCNC(=O)COc1ccccc1)c1ccc(C(F)(F)F)cc1. The zero-order chi connectivity index (χ0) is 19.9. The van der Waals surface area contributed by atoms with Gasteiger partial charge >= 0.3 is 6.18 Å². The fourth-order valence-electron chi connectivity index (χ4n) is 2.32. The molecule has 2 aromatic rings. The van der Waals surface area contributed by atoms with E-state index in [4.69, 9.17) is 4.74 Å². The average molecular weight is 380 g/mol. The van der Waals surface area contributed by atoms with Gasteiger partial charge in [0.15, 0.2) is 6.61 Å². The van der Waals surface area contributed by atoms with Gasteiger partial charge in [-0.2, -0.15) is 13.2 Å². The predicted octanol–water partition coefficient (Wildman–Crippen LogP) is 3.25. The highest BCUT2D eigenvalue weighted by atomic mass is 19.4. The zero-order valence-corrected chi connectivity index (χ0v) is 14.6. The molecule has 0 bridgehead atoms. The van der Waals surface area contributed by atoms with Crippen LogP contribution in [0.15, 0.2) is 54.6 Å². The summed E-state index contributed by atoms with van der Waals surface area (Å²) >= 11 is 0. The number of carbonyl (C=O) groups is 2. The first-order chi connectivity index (χ1) is 12.8. The number of carbonyl (C=O) groups excluding carboxylic acids is 2.